The summed E-state index contributed by atoms with van der Waals surface area (Å²) in [5.74, 6) is 0.670. The molecule has 3 aromatic carbocycles. The van der Waals surface area contributed by atoms with Crippen molar-refractivity contribution in [1.82, 2.24) is 0 Å². The van der Waals surface area contributed by atoms with Crippen molar-refractivity contribution in [3.8, 4) is 11.5 Å². The quantitative estimate of drug-likeness (QED) is 0.360. The highest BCUT2D eigenvalue weighted by Gasteiger charge is 2.06. The van der Waals surface area contributed by atoms with E-state index in [1.807, 2.05) is 78.9 Å². The number of rotatable bonds is 11. The Morgan fingerprint density at radius 3 is 2.06 bits per heavy atom. The number of nitrogens with zero attached hydrogens (tertiary/aromatic N) is 1. The Hall–Kier alpha value is -3.80. The van der Waals surface area contributed by atoms with Gasteiger partial charge in [-0.25, -0.2) is 0 Å². The van der Waals surface area contributed by atoms with Gasteiger partial charge in [0.2, 0.25) is 0 Å². The minimum Gasteiger partial charge on any atom is -0.489 e. The second-order valence-corrected chi connectivity index (χ2v) is 6.85. The van der Waals surface area contributed by atoms with E-state index in [4.69, 9.17) is 19.4 Å². The summed E-state index contributed by atoms with van der Waals surface area (Å²) in [6.07, 6.45) is 0.636. The van der Waals surface area contributed by atoms with Crippen LogP contribution in [0.15, 0.2) is 84.0 Å². The fourth-order valence-corrected chi connectivity index (χ4v) is 2.91. The van der Waals surface area contributed by atoms with Crippen molar-refractivity contribution in [3.63, 3.8) is 0 Å². The van der Waals surface area contributed by atoms with E-state index in [2.05, 4.69) is 5.16 Å². The molecule has 0 bridgehead atoms. The molecule has 0 saturated carbocycles. The molecule has 0 aliphatic rings. The molecule has 0 aromatic heterocycles. The van der Waals surface area contributed by atoms with Gasteiger partial charge < -0.3 is 19.4 Å². The Labute approximate surface area is 181 Å². The van der Waals surface area contributed by atoms with Gasteiger partial charge in [-0.05, 0) is 41.8 Å². The second-order valence-electron chi connectivity index (χ2n) is 6.85. The van der Waals surface area contributed by atoms with Crippen molar-refractivity contribution in [3.05, 3.63) is 95.6 Å². The van der Waals surface area contributed by atoms with Crippen LogP contribution in [0.4, 0.5) is 0 Å². The minimum absolute atomic E-state index is 0.124. The SMILES string of the molecule is CON=C(COc1ccc(COc2ccc(CCC(=O)O)cc2)cc1)c1ccccc1. The maximum Gasteiger partial charge on any atom is 0.303 e. The third kappa shape index (κ3) is 7.19. The lowest BCUT2D eigenvalue weighted by Crippen LogP contribution is -2.13. The first kappa shape index (κ1) is 21.9. The Bertz CT molecular complexity index is 983. The first-order valence-corrected chi connectivity index (χ1v) is 9.95. The van der Waals surface area contributed by atoms with Gasteiger partial charge in [0.05, 0.1) is 0 Å². The van der Waals surface area contributed by atoms with E-state index in [9.17, 15) is 4.79 Å². The van der Waals surface area contributed by atoms with Crippen molar-refractivity contribution < 1.29 is 24.2 Å². The first-order valence-electron chi connectivity index (χ1n) is 9.95. The summed E-state index contributed by atoms with van der Waals surface area (Å²) in [5.41, 5.74) is 3.64. The van der Waals surface area contributed by atoms with Gasteiger partial charge in [0, 0.05) is 12.0 Å². The van der Waals surface area contributed by atoms with Crippen molar-refractivity contribution in [1.29, 1.82) is 0 Å². The van der Waals surface area contributed by atoms with Crippen LogP contribution in [-0.2, 0) is 22.7 Å². The lowest BCUT2D eigenvalue weighted by molar-refractivity contribution is -0.136. The van der Waals surface area contributed by atoms with Crippen LogP contribution < -0.4 is 9.47 Å². The number of aryl methyl sites for hydroxylation is 1. The molecule has 6 nitrogen and oxygen atoms in total. The van der Waals surface area contributed by atoms with E-state index in [0.29, 0.717) is 25.3 Å². The molecule has 31 heavy (non-hydrogen) atoms. The highest BCUT2D eigenvalue weighted by molar-refractivity contribution is 6.01. The zero-order valence-electron chi connectivity index (χ0n) is 17.4. The van der Waals surface area contributed by atoms with Crippen LogP contribution in [0.25, 0.3) is 0 Å². The Morgan fingerprint density at radius 2 is 1.45 bits per heavy atom. The van der Waals surface area contributed by atoms with Gasteiger partial charge >= 0.3 is 5.97 Å². The predicted octanol–water partition coefficient (Wildman–Crippen LogP) is 4.71. The van der Waals surface area contributed by atoms with Crippen LogP contribution in [0.3, 0.4) is 0 Å². The molecule has 0 aliphatic heterocycles. The van der Waals surface area contributed by atoms with E-state index in [1.54, 1.807) is 0 Å². The average molecular weight is 419 g/mol. The number of aliphatic carboxylic acids is 1. The topological polar surface area (TPSA) is 77.3 Å². The minimum atomic E-state index is -0.796. The molecule has 1 N–H and O–H groups in total. The number of carboxylic acid groups (broad SMARTS) is 1. The molecule has 0 unspecified atom stereocenters. The van der Waals surface area contributed by atoms with Crippen LogP contribution in [0.1, 0.15) is 23.1 Å². The van der Waals surface area contributed by atoms with Gasteiger partial charge in [0.25, 0.3) is 0 Å². The third-order valence-corrected chi connectivity index (χ3v) is 4.56. The number of benzene rings is 3. The summed E-state index contributed by atoms with van der Waals surface area (Å²) >= 11 is 0. The molecule has 0 radical (unpaired) electrons. The zero-order chi connectivity index (χ0) is 21.9. The summed E-state index contributed by atoms with van der Waals surface area (Å²) in [5, 5.41) is 12.8. The maximum absolute atomic E-state index is 10.6. The lowest BCUT2D eigenvalue weighted by atomic mass is 10.1. The molecular weight excluding hydrogens is 394 g/mol. The predicted molar refractivity (Wildman–Crippen MR) is 119 cm³/mol. The number of hydrogen-bond acceptors (Lipinski definition) is 5. The standard InChI is InChI=1S/C25H25NO5/c1-29-26-24(21-5-3-2-4-6-21)18-31-23-14-9-20(10-15-23)17-30-22-12-7-19(8-13-22)11-16-25(27)28/h2-10,12-15H,11,16-18H2,1H3,(H,27,28). The molecule has 3 aromatic rings. The van der Waals surface area contributed by atoms with Gasteiger partial charge in [0.1, 0.15) is 37.5 Å². The van der Waals surface area contributed by atoms with Crippen LogP contribution >= 0.6 is 0 Å². The number of hydrogen-bond donors (Lipinski definition) is 1. The fourth-order valence-electron chi connectivity index (χ4n) is 2.91. The molecule has 160 valence electrons. The summed E-state index contributed by atoms with van der Waals surface area (Å²) in [4.78, 5) is 15.6. The molecule has 0 aliphatic carbocycles. The van der Waals surface area contributed by atoms with Crippen molar-refractivity contribution in [2.24, 2.45) is 5.16 Å². The average Bonchev–Trinajstić information content (AvgIpc) is 2.81. The molecule has 0 heterocycles. The summed E-state index contributed by atoms with van der Waals surface area (Å²) in [6, 6.07) is 24.9. The summed E-state index contributed by atoms with van der Waals surface area (Å²) < 4.78 is 11.7. The third-order valence-electron chi connectivity index (χ3n) is 4.56. The number of ether oxygens (including phenoxy) is 2. The molecule has 0 amide bonds. The number of carboxylic acids is 1. The first-order chi connectivity index (χ1) is 15.1. The lowest BCUT2D eigenvalue weighted by Gasteiger charge is -2.10. The molecule has 6 heteroatoms. The van der Waals surface area contributed by atoms with Crippen LogP contribution in [-0.4, -0.2) is 30.5 Å². The molecular formula is C25H25NO5. The number of carbonyl (C=O) groups is 1. The van der Waals surface area contributed by atoms with E-state index in [1.165, 1.54) is 7.11 Å². The van der Waals surface area contributed by atoms with Crippen LogP contribution in [0, 0.1) is 0 Å². The fraction of sp³-hybridized carbons (Fsp3) is 0.200. The Kier molecular flexibility index (Phi) is 8.05. The molecule has 0 atom stereocenters. The molecule has 0 saturated heterocycles. The summed E-state index contributed by atoms with van der Waals surface area (Å²) in [6.45, 7) is 0.719. The highest BCUT2D eigenvalue weighted by atomic mass is 16.6. The largest absolute Gasteiger partial charge is 0.489 e. The Balaban J connectivity index is 1.50. The molecule has 3 rings (SSSR count). The highest BCUT2D eigenvalue weighted by Crippen LogP contribution is 2.17. The zero-order valence-corrected chi connectivity index (χ0v) is 17.4. The Morgan fingerprint density at radius 1 is 0.839 bits per heavy atom. The van der Waals surface area contributed by atoms with E-state index in [-0.39, 0.29) is 6.42 Å². The monoisotopic (exact) mass is 419 g/mol. The van der Waals surface area contributed by atoms with Crippen molar-refractivity contribution >= 4 is 11.7 Å². The van der Waals surface area contributed by atoms with E-state index < -0.39 is 5.97 Å². The smallest absolute Gasteiger partial charge is 0.303 e. The normalized spacial score (nSPS) is 11.1. The van der Waals surface area contributed by atoms with Gasteiger partial charge in [-0.1, -0.05) is 59.8 Å². The van der Waals surface area contributed by atoms with Crippen molar-refractivity contribution in [2.75, 3.05) is 13.7 Å². The van der Waals surface area contributed by atoms with Gasteiger partial charge in [-0.3, -0.25) is 4.79 Å². The van der Waals surface area contributed by atoms with Crippen molar-refractivity contribution in [2.45, 2.75) is 19.4 Å². The molecule has 0 spiro atoms. The maximum atomic E-state index is 10.6. The summed E-state index contributed by atoms with van der Waals surface area (Å²) in [7, 11) is 1.52. The van der Waals surface area contributed by atoms with Gasteiger partial charge in [-0.2, -0.15) is 0 Å². The van der Waals surface area contributed by atoms with Crippen LogP contribution in [0.5, 0.6) is 11.5 Å². The molecule has 0 fully saturated rings. The van der Waals surface area contributed by atoms with E-state index >= 15 is 0 Å². The van der Waals surface area contributed by atoms with E-state index in [0.717, 1.165) is 28.2 Å². The van der Waals surface area contributed by atoms with Gasteiger partial charge in [-0.15, -0.1) is 0 Å². The second kappa shape index (κ2) is 11.4. The number of oxime groups is 1. The van der Waals surface area contributed by atoms with Gasteiger partial charge in [0.15, 0.2) is 0 Å². The van der Waals surface area contributed by atoms with Crippen LogP contribution in [0.2, 0.25) is 0 Å².